The van der Waals surface area contributed by atoms with Crippen LogP contribution in [-0.4, -0.2) is 0 Å². The van der Waals surface area contributed by atoms with Crippen LogP contribution in [-0.2, 0) is 0 Å². The minimum Gasteiger partial charge on any atom is -0.0622 e. The first kappa shape index (κ1) is 26.4. The number of benzene rings is 9. The van der Waals surface area contributed by atoms with E-state index in [0.29, 0.717) is 0 Å². The maximum Gasteiger partial charge on any atom is -0.00139 e. The van der Waals surface area contributed by atoms with Crippen molar-refractivity contribution in [1.82, 2.24) is 0 Å². The van der Waals surface area contributed by atoms with Crippen LogP contribution in [0.2, 0.25) is 0 Å². The second kappa shape index (κ2) is 10.9. The SMILES string of the molecule is c1ccc(-c2cccc(-c3ccc4ccccc4c3)c2-c2c3ccccc3c(-c3ccc4ccccc4c3)c3ccccc23)cc1. The van der Waals surface area contributed by atoms with Gasteiger partial charge in [0.1, 0.15) is 0 Å². The minimum absolute atomic E-state index is 1.21. The molecule has 9 aromatic carbocycles. The molecule has 0 aliphatic heterocycles. The third-order valence-corrected chi connectivity index (χ3v) is 9.43. The van der Waals surface area contributed by atoms with E-state index in [1.807, 2.05) is 0 Å². The van der Waals surface area contributed by atoms with Crippen LogP contribution < -0.4 is 0 Å². The van der Waals surface area contributed by atoms with Gasteiger partial charge in [0.2, 0.25) is 0 Å². The van der Waals surface area contributed by atoms with Crippen molar-refractivity contribution in [3.63, 3.8) is 0 Å². The highest BCUT2D eigenvalue weighted by molar-refractivity contribution is 6.24. The minimum atomic E-state index is 1.21. The summed E-state index contributed by atoms with van der Waals surface area (Å²) in [5.74, 6) is 0. The van der Waals surface area contributed by atoms with E-state index < -0.39 is 0 Å². The van der Waals surface area contributed by atoms with Crippen molar-refractivity contribution < 1.29 is 0 Å². The standard InChI is InChI=1S/C46H30/c1-2-15-33(16-3-1)38-23-12-24-39(36-27-25-31-13-4-6-17-34(31)29-36)45(38)46-42-21-10-8-19-40(42)44(41-20-9-11-22-43(41)46)37-28-26-32-14-5-7-18-35(32)30-37/h1-30H. The lowest BCUT2D eigenvalue weighted by Crippen LogP contribution is -1.95. The maximum absolute atomic E-state index is 2.35. The summed E-state index contributed by atoms with van der Waals surface area (Å²) in [6.07, 6.45) is 0. The molecular weight excluding hydrogens is 553 g/mol. The smallest absolute Gasteiger partial charge is 0.00139 e. The summed E-state index contributed by atoms with van der Waals surface area (Å²) in [6.45, 7) is 0. The molecule has 0 saturated heterocycles. The highest BCUT2D eigenvalue weighted by Crippen LogP contribution is 2.49. The molecule has 0 fully saturated rings. The molecule has 0 unspecified atom stereocenters. The zero-order valence-electron chi connectivity index (χ0n) is 25.3. The molecule has 0 aliphatic carbocycles. The topological polar surface area (TPSA) is 0 Å². The summed E-state index contributed by atoms with van der Waals surface area (Å²) in [6, 6.07) is 66.6. The lowest BCUT2D eigenvalue weighted by molar-refractivity contribution is 1.59. The molecule has 0 bridgehead atoms. The number of rotatable bonds is 4. The van der Waals surface area contributed by atoms with Crippen LogP contribution >= 0.6 is 0 Å². The van der Waals surface area contributed by atoms with Gasteiger partial charge in [0.05, 0.1) is 0 Å². The molecule has 0 nitrogen and oxygen atoms in total. The van der Waals surface area contributed by atoms with Crippen LogP contribution in [0.15, 0.2) is 182 Å². The molecule has 9 aromatic rings. The molecule has 0 atom stereocenters. The van der Waals surface area contributed by atoms with Crippen molar-refractivity contribution in [3.05, 3.63) is 182 Å². The highest BCUT2D eigenvalue weighted by atomic mass is 14.2. The van der Waals surface area contributed by atoms with Crippen LogP contribution in [0.25, 0.3) is 87.6 Å². The van der Waals surface area contributed by atoms with Crippen molar-refractivity contribution in [2.24, 2.45) is 0 Å². The average Bonchev–Trinajstić information content (AvgIpc) is 3.13. The Hall–Kier alpha value is -5.98. The predicted octanol–water partition coefficient (Wildman–Crippen LogP) is 13.0. The zero-order chi connectivity index (χ0) is 30.5. The van der Waals surface area contributed by atoms with Crippen LogP contribution in [0.4, 0.5) is 0 Å². The van der Waals surface area contributed by atoms with Crippen molar-refractivity contribution >= 4 is 43.1 Å². The summed E-state index contributed by atoms with van der Waals surface area (Å²) in [5.41, 5.74) is 9.97. The molecule has 0 amide bonds. The van der Waals surface area contributed by atoms with Gasteiger partial charge in [-0.1, -0.05) is 170 Å². The highest BCUT2D eigenvalue weighted by Gasteiger charge is 2.22. The van der Waals surface area contributed by atoms with Gasteiger partial charge in [-0.2, -0.15) is 0 Å². The number of hydrogen-bond donors (Lipinski definition) is 0. The molecule has 0 heteroatoms. The lowest BCUT2D eigenvalue weighted by atomic mass is 9.80. The lowest BCUT2D eigenvalue weighted by Gasteiger charge is -2.22. The first-order chi connectivity index (χ1) is 22.8. The molecule has 0 radical (unpaired) electrons. The van der Waals surface area contributed by atoms with Crippen molar-refractivity contribution in [3.8, 4) is 44.5 Å². The fraction of sp³-hybridized carbons (Fsp3) is 0. The van der Waals surface area contributed by atoms with Gasteiger partial charge in [0.25, 0.3) is 0 Å². The van der Waals surface area contributed by atoms with Crippen LogP contribution in [0.5, 0.6) is 0 Å². The van der Waals surface area contributed by atoms with Gasteiger partial charge in [0, 0.05) is 0 Å². The van der Waals surface area contributed by atoms with Gasteiger partial charge in [-0.3, -0.25) is 0 Å². The Bertz CT molecular complexity index is 2520. The molecule has 0 heterocycles. The molecule has 0 N–H and O–H groups in total. The second-order valence-corrected chi connectivity index (χ2v) is 12.1. The normalized spacial score (nSPS) is 11.5. The van der Waals surface area contributed by atoms with Gasteiger partial charge >= 0.3 is 0 Å². The molecule has 0 aromatic heterocycles. The second-order valence-electron chi connectivity index (χ2n) is 12.1. The number of hydrogen-bond acceptors (Lipinski definition) is 0. The first-order valence-electron chi connectivity index (χ1n) is 15.9. The van der Waals surface area contributed by atoms with Crippen LogP contribution in [0.3, 0.4) is 0 Å². The molecule has 9 rings (SSSR count). The summed E-state index contributed by atoms with van der Waals surface area (Å²) in [5, 5.41) is 10.1. The van der Waals surface area contributed by atoms with Gasteiger partial charge in [-0.05, 0) is 99.7 Å². The Labute approximate surface area is 268 Å². The van der Waals surface area contributed by atoms with E-state index in [2.05, 4.69) is 182 Å². The van der Waals surface area contributed by atoms with Crippen molar-refractivity contribution in [2.75, 3.05) is 0 Å². The third-order valence-electron chi connectivity index (χ3n) is 9.43. The zero-order valence-corrected chi connectivity index (χ0v) is 25.3. The monoisotopic (exact) mass is 582 g/mol. The summed E-state index contributed by atoms with van der Waals surface area (Å²) in [4.78, 5) is 0. The molecule has 0 aliphatic rings. The largest absolute Gasteiger partial charge is 0.0622 e. The Morgan fingerprint density at radius 2 is 0.652 bits per heavy atom. The molecule has 214 valence electrons. The van der Waals surface area contributed by atoms with Crippen LogP contribution in [0.1, 0.15) is 0 Å². The molecule has 0 spiro atoms. The first-order valence-corrected chi connectivity index (χ1v) is 15.9. The van der Waals surface area contributed by atoms with Gasteiger partial charge in [-0.25, -0.2) is 0 Å². The van der Waals surface area contributed by atoms with Gasteiger partial charge in [-0.15, -0.1) is 0 Å². The fourth-order valence-corrected chi connectivity index (χ4v) is 7.33. The maximum atomic E-state index is 2.35. The Morgan fingerprint density at radius 1 is 0.217 bits per heavy atom. The van der Waals surface area contributed by atoms with Crippen LogP contribution in [0, 0.1) is 0 Å². The Kier molecular flexibility index (Phi) is 6.25. The van der Waals surface area contributed by atoms with E-state index in [-0.39, 0.29) is 0 Å². The molecular formula is C46H30. The van der Waals surface area contributed by atoms with Gasteiger partial charge in [0.15, 0.2) is 0 Å². The van der Waals surface area contributed by atoms with E-state index in [9.17, 15) is 0 Å². The Balaban J connectivity index is 1.43. The van der Waals surface area contributed by atoms with E-state index in [1.54, 1.807) is 0 Å². The molecule has 46 heavy (non-hydrogen) atoms. The summed E-state index contributed by atoms with van der Waals surface area (Å²) < 4.78 is 0. The van der Waals surface area contributed by atoms with E-state index >= 15 is 0 Å². The quantitative estimate of drug-likeness (QED) is 0.181. The molecule has 0 saturated carbocycles. The summed E-state index contributed by atoms with van der Waals surface area (Å²) in [7, 11) is 0. The fourth-order valence-electron chi connectivity index (χ4n) is 7.33. The van der Waals surface area contributed by atoms with E-state index in [0.717, 1.165) is 0 Å². The summed E-state index contributed by atoms with van der Waals surface area (Å²) >= 11 is 0. The van der Waals surface area contributed by atoms with Gasteiger partial charge < -0.3 is 0 Å². The third kappa shape index (κ3) is 4.30. The van der Waals surface area contributed by atoms with Crippen molar-refractivity contribution in [1.29, 1.82) is 0 Å². The Morgan fingerprint density at radius 3 is 1.24 bits per heavy atom. The predicted molar refractivity (Wildman–Crippen MR) is 198 cm³/mol. The average molecular weight is 583 g/mol. The van der Waals surface area contributed by atoms with Crippen molar-refractivity contribution in [2.45, 2.75) is 0 Å². The van der Waals surface area contributed by atoms with E-state index in [4.69, 9.17) is 0 Å². The number of fused-ring (bicyclic) bond motifs is 4. The van der Waals surface area contributed by atoms with E-state index in [1.165, 1.54) is 87.6 Å².